The number of ether oxygens (including phenoxy) is 2. The average molecular weight is 356 g/mol. The molecular formula is C21H28N2O3. The molecule has 140 valence electrons. The summed E-state index contributed by atoms with van der Waals surface area (Å²) in [5.41, 5.74) is 2.26. The summed E-state index contributed by atoms with van der Waals surface area (Å²) in [6.07, 6.45) is 0. The molecule has 0 saturated carbocycles. The van der Waals surface area contributed by atoms with Crippen LogP contribution in [-0.4, -0.2) is 20.3 Å². The van der Waals surface area contributed by atoms with Gasteiger partial charge in [-0.3, -0.25) is 0 Å². The molecule has 0 radical (unpaired) electrons. The number of amides is 2. The van der Waals surface area contributed by atoms with E-state index < -0.39 is 5.54 Å². The Kier molecular flexibility index (Phi) is 6.14. The van der Waals surface area contributed by atoms with Crippen LogP contribution in [0.15, 0.2) is 42.5 Å². The Labute approximate surface area is 155 Å². The summed E-state index contributed by atoms with van der Waals surface area (Å²) in [6.45, 7) is 8.10. The molecule has 0 heterocycles. The van der Waals surface area contributed by atoms with Crippen LogP contribution in [0.5, 0.6) is 11.5 Å². The number of anilines is 1. The fraction of sp³-hybridized carbons (Fsp3) is 0.381. The van der Waals surface area contributed by atoms with Crippen molar-refractivity contribution in [1.82, 2.24) is 5.32 Å². The number of hydrogen-bond acceptors (Lipinski definition) is 3. The first-order chi connectivity index (χ1) is 12.3. The minimum atomic E-state index is -0.587. The third kappa shape index (κ3) is 4.48. The molecule has 2 amide bonds. The number of hydrogen-bond donors (Lipinski definition) is 2. The molecule has 0 fully saturated rings. The van der Waals surface area contributed by atoms with Gasteiger partial charge in [0.05, 0.1) is 19.8 Å². The maximum absolute atomic E-state index is 12.6. The third-order valence-corrected chi connectivity index (χ3v) is 4.36. The average Bonchev–Trinajstić information content (AvgIpc) is 2.60. The number of methoxy groups -OCH3 is 2. The van der Waals surface area contributed by atoms with E-state index in [0.717, 1.165) is 16.8 Å². The van der Waals surface area contributed by atoms with Crippen molar-refractivity contribution in [2.45, 2.75) is 39.2 Å². The largest absolute Gasteiger partial charge is 0.493 e. The van der Waals surface area contributed by atoms with Crippen molar-refractivity contribution in [1.29, 1.82) is 0 Å². The number of carbonyl (C=O) groups excluding carboxylic acids is 1. The number of urea groups is 1. The highest BCUT2D eigenvalue weighted by molar-refractivity contribution is 5.90. The molecule has 0 aliphatic carbocycles. The lowest BCUT2D eigenvalue weighted by atomic mass is 9.94. The van der Waals surface area contributed by atoms with Crippen LogP contribution in [0.1, 0.15) is 44.7 Å². The molecule has 0 aliphatic rings. The van der Waals surface area contributed by atoms with Gasteiger partial charge in [-0.25, -0.2) is 4.79 Å². The second kappa shape index (κ2) is 8.13. The van der Waals surface area contributed by atoms with Gasteiger partial charge in [-0.2, -0.15) is 0 Å². The third-order valence-electron chi connectivity index (χ3n) is 4.36. The molecule has 0 unspecified atom stereocenters. The van der Waals surface area contributed by atoms with Crippen molar-refractivity contribution >= 4 is 11.7 Å². The molecule has 0 aromatic heterocycles. The Balaban J connectivity index is 2.18. The summed E-state index contributed by atoms with van der Waals surface area (Å²) in [5, 5.41) is 5.99. The molecule has 0 spiro atoms. The van der Waals surface area contributed by atoms with Crippen molar-refractivity contribution < 1.29 is 14.3 Å². The highest BCUT2D eigenvalue weighted by Gasteiger charge is 2.24. The molecule has 0 aliphatic heterocycles. The van der Waals surface area contributed by atoms with E-state index in [2.05, 4.69) is 24.5 Å². The fourth-order valence-electron chi connectivity index (χ4n) is 2.85. The number of rotatable bonds is 6. The zero-order valence-electron chi connectivity index (χ0n) is 16.3. The summed E-state index contributed by atoms with van der Waals surface area (Å²) in [7, 11) is 3.19. The summed E-state index contributed by atoms with van der Waals surface area (Å²) < 4.78 is 10.6. The van der Waals surface area contributed by atoms with Gasteiger partial charge in [0.1, 0.15) is 0 Å². The van der Waals surface area contributed by atoms with Gasteiger partial charge in [-0.1, -0.05) is 38.1 Å². The Morgan fingerprint density at radius 3 is 2.27 bits per heavy atom. The van der Waals surface area contributed by atoms with Crippen LogP contribution in [0.2, 0.25) is 0 Å². The molecule has 2 N–H and O–H groups in total. The van der Waals surface area contributed by atoms with Gasteiger partial charge in [0.15, 0.2) is 11.5 Å². The topological polar surface area (TPSA) is 59.6 Å². The van der Waals surface area contributed by atoms with E-state index in [4.69, 9.17) is 9.47 Å². The van der Waals surface area contributed by atoms with Crippen LogP contribution in [0.25, 0.3) is 0 Å². The molecule has 26 heavy (non-hydrogen) atoms. The van der Waals surface area contributed by atoms with Gasteiger partial charge in [-0.05, 0) is 49.1 Å². The second-order valence-electron chi connectivity index (χ2n) is 7.02. The second-order valence-corrected chi connectivity index (χ2v) is 7.02. The summed E-state index contributed by atoms with van der Waals surface area (Å²) >= 11 is 0. The van der Waals surface area contributed by atoms with Crippen LogP contribution in [0.3, 0.4) is 0 Å². The van der Waals surface area contributed by atoms with E-state index in [0.29, 0.717) is 17.4 Å². The molecule has 2 aromatic carbocycles. The first-order valence-corrected chi connectivity index (χ1v) is 8.69. The smallest absolute Gasteiger partial charge is 0.319 e. The van der Waals surface area contributed by atoms with Gasteiger partial charge in [-0.15, -0.1) is 0 Å². The van der Waals surface area contributed by atoms with Crippen LogP contribution in [0, 0.1) is 0 Å². The normalized spacial score (nSPS) is 11.2. The molecule has 5 nitrogen and oxygen atoms in total. The van der Waals surface area contributed by atoms with Crippen LogP contribution in [-0.2, 0) is 5.54 Å². The Morgan fingerprint density at radius 2 is 1.65 bits per heavy atom. The van der Waals surface area contributed by atoms with Gasteiger partial charge < -0.3 is 20.1 Å². The number of nitrogens with one attached hydrogen (secondary N) is 2. The number of benzene rings is 2. The summed E-state index contributed by atoms with van der Waals surface area (Å²) in [6, 6.07) is 13.2. The predicted molar refractivity (Wildman–Crippen MR) is 105 cm³/mol. The minimum absolute atomic E-state index is 0.252. The lowest BCUT2D eigenvalue weighted by molar-refractivity contribution is 0.241. The Morgan fingerprint density at radius 1 is 1.00 bits per heavy atom. The minimum Gasteiger partial charge on any atom is -0.493 e. The maximum Gasteiger partial charge on any atom is 0.319 e. The van der Waals surface area contributed by atoms with E-state index in [1.807, 2.05) is 56.3 Å². The molecule has 2 rings (SSSR count). The summed E-state index contributed by atoms with van der Waals surface area (Å²) in [5.74, 6) is 1.61. The van der Waals surface area contributed by atoms with Crippen molar-refractivity contribution in [3.8, 4) is 11.5 Å². The predicted octanol–water partition coefficient (Wildman–Crippen LogP) is 4.88. The van der Waals surface area contributed by atoms with Crippen molar-refractivity contribution in [2.75, 3.05) is 19.5 Å². The number of para-hydroxylation sites is 1. The molecular weight excluding hydrogens is 328 g/mol. The van der Waals surface area contributed by atoms with Gasteiger partial charge in [0.2, 0.25) is 0 Å². The van der Waals surface area contributed by atoms with E-state index in [9.17, 15) is 4.79 Å². The highest BCUT2D eigenvalue weighted by atomic mass is 16.5. The van der Waals surface area contributed by atoms with E-state index in [1.54, 1.807) is 14.2 Å². The molecule has 0 bridgehead atoms. The first kappa shape index (κ1) is 19.6. The highest BCUT2D eigenvalue weighted by Crippen LogP contribution is 2.32. The van der Waals surface area contributed by atoms with Crippen molar-refractivity contribution in [2.24, 2.45) is 0 Å². The lowest BCUT2D eigenvalue weighted by Crippen LogP contribution is -2.43. The van der Waals surface area contributed by atoms with Gasteiger partial charge in [0, 0.05) is 5.69 Å². The van der Waals surface area contributed by atoms with Crippen LogP contribution < -0.4 is 20.1 Å². The van der Waals surface area contributed by atoms with E-state index in [1.165, 1.54) is 0 Å². The van der Waals surface area contributed by atoms with E-state index in [-0.39, 0.29) is 6.03 Å². The zero-order valence-corrected chi connectivity index (χ0v) is 16.3. The molecule has 2 aromatic rings. The lowest BCUT2D eigenvalue weighted by Gasteiger charge is -2.28. The summed E-state index contributed by atoms with van der Waals surface area (Å²) in [4.78, 5) is 12.6. The SMILES string of the molecule is COc1ccc(C(C)(C)NC(=O)Nc2ccccc2C(C)C)cc1OC. The van der Waals surface area contributed by atoms with Crippen molar-refractivity contribution in [3.05, 3.63) is 53.6 Å². The Bertz CT molecular complexity index is 770. The standard InChI is InChI=1S/C21H28N2O3/c1-14(2)16-9-7-8-10-17(16)22-20(24)23-21(3,4)15-11-12-18(25-5)19(13-15)26-6/h7-14H,1-6H3,(H2,22,23,24). The molecule has 0 saturated heterocycles. The number of carbonyl (C=O) groups is 1. The van der Waals surface area contributed by atoms with Gasteiger partial charge >= 0.3 is 6.03 Å². The molecule has 5 heteroatoms. The van der Waals surface area contributed by atoms with Crippen LogP contribution in [0.4, 0.5) is 10.5 Å². The zero-order chi connectivity index (χ0) is 19.3. The van der Waals surface area contributed by atoms with Gasteiger partial charge in [0.25, 0.3) is 0 Å². The maximum atomic E-state index is 12.6. The van der Waals surface area contributed by atoms with Crippen LogP contribution >= 0.6 is 0 Å². The molecule has 0 atom stereocenters. The van der Waals surface area contributed by atoms with Crippen molar-refractivity contribution in [3.63, 3.8) is 0 Å². The Hall–Kier alpha value is -2.69. The monoisotopic (exact) mass is 356 g/mol. The first-order valence-electron chi connectivity index (χ1n) is 8.69. The van der Waals surface area contributed by atoms with E-state index >= 15 is 0 Å². The quantitative estimate of drug-likeness (QED) is 0.775. The fourth-order valence-corrected chi connectivity index (χ4v) is 2.85.